The normalized spacial score (nSPS) is 19.8. The molecule has 1 aliphatic rings. The standard InChI is InChI=1S/C21H29N3O3/c1-6-26-20-16(23-21(27-7-2)18(24-20)13(3)4)12-15-11-14-9-8-10-17(25-5)19(14)22-15/h8-11,13,16,18,22H,6-7,12H2,1-5H3/t16-,18+/m1/s1. The summed E-state index contributed by atoms with van der Waals surface area (Å²) in [5.74, 6) is 2.52. The van der Waals surface area contributed by atoms with Crippen molar-refractivity contribution in [2.75, 3.05) is 20.3 Å². The van der Waals surface area contributed by atoms with Crippen LogP contribution < -0.4 is 4.74 Å². The summed E-state index contributed by atoms with van der Waals surface area (Å²) in [4.78, 5) is 13.2. The maximum absolute atomic E-state index is 5.84. The van der Waals surface area contributed by atoms with E-state index < -0.39 is 0 Å². The molecule has 0 aliphatic carbocycles. The van der Waals surface area contributed by atoms with Crippen LogP contribution in [0.15, 0.2) is 34.3 Å². The Hall–Kier alpha value is -2.50. The van der Waals surface area contributed by atoms with Gasteiger partial charge in [0.25, 0.3) is 0 Å². The van der Waals surface area contributed by atoms with Crippen LogP contribution in [0.4, 0.5) is 0 Å². The Morgan fingerprint density at radius 3 is 2.48 bits per heavy atom. The number of hydrogen-bond donors (Lipinski definition) is 1. The molecule has 1 aliphatic heterocycles. The first kappa shape index (κ1) is 19.3. The first-order valence-electron chi connectivity index (χ1n) is 9.62. The van der Waals surface area contributed by atoms with E-state index in [1.54, 1.807) is 7.11 Å². The van der Waals surface area contributed by atoms with Crippen molar-refractivity contribution in [2.45, 2.75) is 46.2 Å². The third-order valence-electron chi connectivity index (χ3n) is 4.61. The lowest BCUT2D eigenvalue weighted by molar-refractivity contribution is 0.275. The van der Waals surface area contributed by atoms with Gasteiger partial charge in [-0.25, -0.2) is 9.98 Å². The van der Waals surface area contributed by atoms with E-state index in [1.807, 2.05) is 26.0 Å². The minimum absolute atomic E-state index is 0.0921. The van der Waals surface area contributed by atoms with E-state index in [0.29, 0.717) is 37.3 Å². The van der Waals surface area contributed by atoms with Gasteiger partial charge in [0.15, 0.2) is 0 Å². The molecule has 0 spiro atoms. The van der Waals surface area contributed by atoms with Crippen molar-refractivity contribution in [3.63, 3.8) is 0 Å². The Bertz CT molecular complexity index is 838. The number of benzene rings is 1. The molecule has 0 fully saturated rings. The molecule has 0 unspecified atom stereocenters. The quantitative estimate of drug-likeness (QED) is 0.835. The Labute approximate surface area is 160 Å². The predicted octanol–water partition coefficient (Wildman–Crippen LogP) is 4.00. The smallest absolute Gasteiger partial charge is 0.210 e. The number of nitrogens with one attached hydrogen (secondary N) is 1. The van der Waals surface area contributed by atoms with Crippen LogP contribution in [0, 0.1) is 5.92 Å². The first-order chi connectivity index (χ1) is 13.1. The summed E-state index contributed by atoms with van der Waals surface area (Å²) in [5.41, 5.74) is 2.06. The van der Waals surface area contributed by atoms with Crippen molar-refractivity contribution in [3.05, 3.63) is 30.0 Å². The zero-order chi connectivity index (χ0) is 19.4. The second-order valence-electron chi connectivity index (χ2n) is 6.93. The van der Waals surface area contributed by atoms with E-state index >= 15 is 0 Å². The minimum atomic E-state index is -0.194. The van der Waals surface area contributed by atoms with Crippen molar-refractivity contribution in [3.8, 4) is 5.75 Å². The Balaban J connectivity index is 1.92. The van der Waals surface area contributed by atoms with Crippen molar-refractivity contribution in [2.24, 2.45) is 15.9 Å². The van der Waals surface area contributed by atoms with Gasteiger partial charge < -0.3 is 19.2 Å². The molecule has 27 heavy (non-hydrogen) atoms. The number of aromatic nitrogens is 1. The van der Waals surface area contributed by atoms with Crippen LogP contribution in [0.5, 0.6) is 5.75 Å². The highest BCUT2D eigenvalue weighted by Crippen LogP contribution is 2.27. The second kappa shape index (κ2) is 8.46. The van der Waals surface area contributed by atoms with Crippen LogP contribution in [0.2, 0.25) is 0 Å². The third-order valence-corrected chi connectivity index (χ3v) is 4.61. The molecule has 0 bridgehead atoms. The van der Waals surface area contributed by atoms with Crippen molar-refractivity contribution >= 4 is 22.7 Å². The third kappa shape index (κ3) is 4.10. The van der Waals surface area contributed by atoms with Crippen LogP contribution in [-0.4, -0.2) is 49.2 Å². The number of ether oxygens (including phenoxy) is 3. The first-order valence-corrected chi connectivity index (χ1v) is 9.62. The molecule has 2 atom stereocenters. The lowest BCUT2D eigenvalue weighted by Crippen LogP contribution is -2.39. The average Bonchev–Trinajstić information content (AvgIpc) is 3.06. The zero-order valence-corrected chi connectivity index (χ0v) is 16.8. The number of nitrogens with zero attached hydrogens (tertiary/aromatic N) is 2. The maximum Gasteiger partial charge on any atom is 0.210 e. The van der Waals surface area contributed by atoms with Crippen molar-refractivity contribution in [1.29, 1.82) is 0 Å². The summed E-state index contributed by atoms with van der Waals surface area (Å²) in [6.07, 6.45) is 0.665. The summed E-state index contributed by atoms with van der Waals surface area (Å²) in [5, 5.41) is 1.11. The van der Waals surface area contributed by atoms with E-state index in [0.717, 1.165) is 22.3 Å². The molecular weight excluding hydrogens is 342 g/mol. The summed E-state index contributed by atoms with van der Waals surface area (Å²) >= 11 is 0. The molecule has 2 aromatic rings. The van der Waals surface area contributed by atoms with Crippen LogP contribution in [0.1, 0.15) is 33.4 Å². The molecule has 0 saturated carbocycles. The van der Waals surface area contributed by atoms with Gasteiger partial charge >= 0.3 is 0 Å². The number of rotatable bonds is 6. The van der Waals surface area contributed by atoms with Crippen molar-refractivity contribution < 1.29 is 14.2 Å². The van der Waals surface area contributed by atoms with Gasteiger partial charge in [-0.3, -0.25) is 0 Å². The van der Waals surface area contributed by atoms with Gasteiger partial charge in [-0.1, -0.05) is 26.0 Å². The predicted molar refractivity (Wildman–Crippen MR) is 109 cm³/mol. The van der Waals surface area contributed by atoms with Crippen LogP contribution in [0.3, 0.4) is 0 Å². The van der Waals surface area contributed by atoms with Gasteiger partial charge in [0.05, 0.1) is 25.8 Å². The largest absolute Gasteiger partial charge is 0.495 e. The lowest BCUT2D eigenvalue weighted by atomic mass is 10.0. The molecular formula is C21H29N3O3. The average molecular weight is 371 g/mol. The maximum atomic E-state index is 5.84. The molecule has 6 heteroatoms. The van der Waals surface area contributed by atoms with Crippen LogP contribution in [0.25, 0.3) is 10.9 Å². The number of aromatic amines is 1. The molecule has 146 valence electrons. The molecule has 1 aromatic carbocycles. The Morgan fingerprint density at radius 2 is 1.81 bits per heavy atom. The fourth-order valence-corrected chi connectivity index (χ4v) is 3.36. The number of H-pyrrole nitrogens is 1. The summed E-state index contributed by atoms with van der Waals surface area (Å²) < 4.78 is 17.1. The highest BCUT2D eigenvalue weighted by molar-refractivity contribution is 5.94. The Morgan fingerprint density at radius 1 is 1.07 bits per heavy atom. The topological polar surface area (TPSA) is 68.2 Å². The Kier molecular flexibility index (Phi) is 6.04. The molecule has 0 radical (unpaired) electrons. The van der Waals surface area contributed by atoms with Crippen LogP contribution in [-0.2, 0) is 15.9 Å². The highest BCUT2D eigenvalue weighted by atomic mass is 16.5. The van der Waals surface area contributed by atoms with Gasteiger partial charge in [0.1, 0.15) is 17.8 Å². The minimum Gasteiger partial charge on any atom is -0.495 e. The molecule has 1 aromatic heterocycles. The number of fused-ring (bicyclic) bond motifs is 1. The second-order valence-corrected chi connectivity index (χ2v) is 6.93. The molecule has 6 nitrogen and oxygen atoms in total. The van der Waals surface area contributed by atoms with E-state index in [4.69, 9.17) is 24.2 Å². The van der Waals surface area contributed by atoms with E-state index in [2.05, 4.69) is 31.0 Å². The molecule has 2 heterocycles. The fourth-order valence-electron chi connectivity index (χ4n) is 3.36. The number of methoxy groups -OCH3 is 1. The van der Waals surface area contributed by atoms with Gasteiger partial charge in [-0.2, -0.15) is 0 Å². The summed E-state index contributed by atoms with van der Waals surface area (Å²) in [7, 11) is 1.68. The van der Waals surface area contributed by atoms with E-state index in [9.17, 15) is 0 Å². The summed E-state index contributed by atoms with van der Waals surface area (Å²) in [6.45, 7) is 9.34. The van der Waals surface area contributed by atoms with Gasteiger partial charge in [-0.15, -0.1) is 0 Å². The number of aliphatic imine (C=N–C) groups is 2. The fraction of sp³-hybridized carbons (Fsp3) is 0.524. The van der Waals surface area contributed by atoms with Gasteiger partial charge in [0.2, 0.25) is 11.8 Å². The zero-order valence-electron chi connectivity index (χ0n) is 16.8. The molecule has 3 rings (SSSR count). The highest BCUT2D eigenvalue weighted by Gasteiger charge is 2.31. The van der Waals surface area contributed by atoms with Gasteiger partial charge in [-0.05, 0) is 31.9 Å². The molecule has 0 amide bonds. The lowest BCUT2D eigenvalue weighted by Gasteiger charge is -2.28. The number of para-hydroxylation sites is 1. The van der Waals surface area contributed by atoms with Gasteiger partial charge in [0, 0.05) is 17.5 Å². The molecule has 1 N–H and O–H groups in total. The SMILES string of the molecule is CCOC1=N[C@H](Cc2cc3cccc(OC)c3[nH]2)C(OCC)=N[C@H]1C(C)C. The molecule has 0 saturated heterocycles. The summed E-state index contributed by atoms with van der Waals surface area (Å²) in [6, 6.07) is 7.86. The van der Waals surface area contributed by atoms with E-state index in [-0.39, 0.29) is 12.1 Å². The number of hydrogen-bond acceptors (Lipinski definition) is 5. The van der Waals surface area contributed by atoms with E-state index in [1.165, 1.54) is 0 Å². The van der Waals surface area contributed by atoms with Crippen molar-refractivity contribution in [1.82, 2.24) is 4.98 Å². The van der Waals surface area contributed by atoms with Crippen LogP contribution >= 0.6 is 0 Å². The monoisotopic (exact) mass is 371 g/mol.